The minimum absolute atomic E-state index is 0.232. The molecule has 0 aliphatic rings. The molecule has 84 valence electrons. The van der Waals surface area contributed by atoms with Gasteiger partial charge in [-0.2, -0.15) is 5.10 Å². The standard InChI is InChI=1S/C12H14FN3/c1-16-12(8-9(15-16)6-7-14)10-4-2-3-5-11(10)13/h2-5,8H,6-7,14H2,1H3. The average Bonchev–Trinajstić information content (AvgIpc) is 2.61. The fourth-order valence-corrected chi connectivity index (χ4v) is 1.72. The maximum absolute atomic E-state index is 13.6. The number of aromatic nitrogens is 2. The van der Waals surface area contributed by atoms with Gasteiger partial charge in [-0.15, -0.1) is 0 Å². The molecule has 16 heavy (non-hydrogen) atoms. The normalized spacial score (nSPS) is 10.7. The molecule has 0 atom stereocenters. The number of nitrogens with two attached hydrogens (primary N) is 1. The Labute approximate surface area is 93.7 Å². The highest BCUT2D eigenvalue weighted by Gasteiger charge is 2.10. The van der Waals surface area contributed by atoms with Crippen molar-refractivity contribution in [3.05, 3.63) is 41.8 Å². The van der Waals surface area contributed by atoms with Crippen molar-refractivity contribution in [2.24, 2.45) is 12.8 Å². The minimum Gasteiger partial charge on any atom is -0.330 e. The van der Waals surface area contributed by atoms with Gasteiger partial charge in [0.05, 0.1) is 11.4 Å². The predicted octanol–water partition coefficient (Wildman–Crippen LogP) is 1.73. The summed E-state index contributed by atoms with van der Waals surface area (Å²) >= 11 is 0. The highest BCUT2D eigenvalue weighted by Crippen LogP contribution is 2.22. The van der Waals surface area contributed by atoms with Crippen molar-refractivity contribution < 1.29 is 4.39 Å². The Balaban J connectivity index is 2.44. The van der Waals surface area contributed by atoms with Crippen LogP contribution in [0.2, 0.25) is 0 Å². The Morgan fingerprint density at radius 2 is 2.12 bits per heavy atom. The zero-order valence-corrected chi connectivity index (χ0v) is 9.15. The van der Waals surface area contributed by atoms with Crippen LogP contribution in [0.15, 0.2) is 30.3 Å². The maximum atomic E-state index is 13.6. The molecule has 0 saturated carbocycles. The van der Waals surface area contributed by atoms with Crippen molar-refractivity contribution in [3.8, 4) is 11.3 Å². The summed E-state index contributed by atoms with van der Waals surface area (Å²) in [5, 5.41) is 4.29. The first-order valence-corrected chi connectivity index (χ1v) is 5.20. The van der Waals surface area contributed by atoms with E-state index in [-0.39, 0.29) is 5.82 Å². The zero-order chi connectivity index (χ0) is 11.5. The van der Waals surface area contributed by atoms with Crippen LogP contribution in [0.4, 0.5) is 4.39 Å². The molecule has 0 fully saturated rings. The number of nitrogens with zero attached hydrogens (tertiary/aromatic N) is 2. The highest BCUT2D eigenvalue weighted by atomic mass is 19.1. The van der Waals surface area contributed by atoms with Gasteiger partial charge >= 0.3 is 0 Å². The van der Waals surface area contributed by atoms with E-state index in [1.165, 1.54) is 6.07 Å². The second kappa shape index (κ2) is 4.45. The number of hydrogen-bond acceptors (Lipinski definition) is 2. The van der Waals surface area contributed by atoms with Gasteiger partial charge in [0, 0.05) is 19.0 Å². The molecule has 4 heteroatoms. The summed E-state index contributed by atoms with van der Waals surface area (Å²) in [7, 11) is 1.81. The van der Waals surface area contributed by atoms with Crippen molar-refractivity contribution in [2.75, 3.05) is 6.54 Å². The SMILES string of the molecule is Cn1nc(CCN)cc1-c1ccccc1F. The van der Waals surface area contributed by atoms with Crippen LogP contribution < -0.4 is 5.73 Å². The molecule has 1 aromatic carbocycles. The lowest BCUT2D eigenvalue weighted by atomic mass is 10.1. The molecule has 3 nitrogen and oxygen atoms in total. The molecule has 0 aliphatic carbocycles. The third kappa shape index (κ3) is 1.97. The molecule has 0 unspecified atom stereocenters. The van der Waals surface area contributed by atoms with Gasteiger partial charge in [0.25, 0.3) is 0 Å². The van der Waals surface area contributed by atoms with Gasteiger partial charge in [-0.25, -0.2) is 4.39 Å². The number of aryl methyl sites for hydroxylation is 1. The quantitative estimate of drug-likeness (QED) is 0.854. The van der Waals surface area contributed by atoms with Crippen LogP contribution >= 0.6 is 0 Å². The lowest BCUT2D eigenvalue weighted by Crippen LogP contribution is -2.03. The van der Waals surface area contributed by atoms with Crippen LogP contribution in [0, 0.1) is 5.82 Å². The lowest BCUT2D eigenvalue weighted by Gasteiger charge is -2.02. The van der Waals surface area contributed by atoms with Gasteiger partial charge in [-0.3, -0.25) is 4.68 Å². The topological polar surface area (TPSA) is 43.8 Å². The van der Waals surface area contributed by atoms with Crippen LogP contribution in [0.5, 0.6) is 0 Å². The van der Waals surface area contributed by atoms with E-state index in [4.69, 9.17) is 5.73 Å². The van der Waals surface area contributed by atoms with Gasteiger partial charge in [0.1, 0.15) is 5.82 Å². The summed E-state index contributed by atoms with van der Waals surface area (Å²) in [6.45, 7) is 0.549. The lowest BCUT2D eigenvalue weighted by molar-refractivity contribution is 0.628. The van der Waals surface area contributed by atoms with E-state index >= 15 is 0 Å². The van der Waals surface area contributed by atoms with E-state index in [9.17, 15) is 4.39 Å². The second-order valence-corrected chi connectivity index (χ2v) is 3.66. The van der Waals surface area contributed by atoms with Gasteiger partial charge in [-0.05, 0) is 24.7 Å². The highest BCUT2D eigenvalue weighted by molar-refractivity contribution is 5.60. The Hall–Kier alpha value is -1.68. The number of hydrogen-bond donors (Lipinski definition) is 1. The summed E-state index contributed by atoms with van der Waals surface area (Å²) in [5.41, 5.74) is 7.71. The van der Waals surface area contributed by atoms with E-state index in [0.29, 0.717) is 18.5 Å². The maximum Gasteiger partial charge on any atom is 0.132 e. The first kappa shape index (κ1) is 10.8. The summed E-state index contributed by atoms with van der Waals surface area (Å²) in [5.74, 6) is -0.232. The molecule has 0 spiro atoms. The van der Waals surface area contributed by atoms with Gasteiger partial charge in [0.15, 0.2) is 0 Å². The summed E-state index contributed by atoms with van der Waals surface area (Å²) < 4.78 is 15.3. The molecule has 1 heterocycles. The monoisotopic (exact) mass is 219 g/mol. The summed E-state index contributed by atoms with van der Waals surface area (Å²) in [6.07, 6.45) is 0.711. The summed E-state index contributed by atoms with van der Waals surface area (Å²) in [6, 6.07) is 8.57. The number of halogens is 1. The fourth-order valence-electron chi connectivity index (χ4n) is 1.72. The smallest absolute Gasteiger partial charge is 0.132 e. The third-order valence-electron chi connectivity index (χ3n) is 2.48. The molecule has 2 aromatic rings. The molecule has 0 amide bonds. The van der Waals surface area contributed by atoms with Crippen molar-refractivity contribution in [1.29, 1.82) is 0 Å². The minimum atomic E-state index is -0.232. The van der Waals surface area contributed by atoms with Crippen molar-refractivity contribution in [2.45, 2.75) is 6.42 Å². The molecule has 0 bridgehead atoms. The van der Waals surface area contributed by atoms with E-state index < -0.39 is 0 Å². The van der Waals surface area contributed by atoms with Gasteiger partial charge < -0.3 is 5.73 Å². The van der Waals surface area contributed by atoms with Crippen LogP contribution in [0.3, 0.4) is 0 Å². The van der Waals surface area contributed by atoms with Crippen LogP contribution in [0.1, 0.15) is 5.69 Å². The van der Waals surface area contributed by atoms with Crippen LogP contribution in [-0.2, 0) is 13.5 Å². The number of benzene rings is 1. The Morgan fingerprint density at radius 3 is 2.81 bits per heavy atom. The Bertz CT molecular complexity index is 491. The van der Waals surface area contributed by atoms with E-state index in [2.05, 4.69) is 5.10 Å². The van der Waals surface area contributed by atoms with E-state index in [1.807, 2.05) is 19.2 Å². The van der Waals surface area contributed by atoms with Crippen LogP contribution in [-0.4, -0.2) is 16.3 Å². The molecule has 2 N–H and O–H groups in total. The van der Waals surface area contributed by atoms with Gasteiger partial charge in [0.2, 0.25) is 0 Å². The fraction of sp³-hybridized carbons (Fsp3) is 0.250. The van der Waals surface area contributed by atoms with E-state index in [1.54, 1.807) is 16.8 Å². The zero-order valence-electron chi connectivity index (χ0n) is 9.15. The molecular formula is C12H14FN3. The van der Waals surface area contributed by atoms with Gasteiger partial charge in [-0.1, -0.05) is 12.1 Å². The van der Waals surface area contributed by atoms with Crippen LogP contribution in [0.25, 0.3) is 11.3 Å². The average molecular weight is 219 g/mol. The Morgan fingerprint density at radius 1 is 1.38 bits per heavy atom. The number of rotatable bonds is 3. The van der Waals surface area contributed by atoms with Crippen molar-refractivity contribution >= 4 is 0 Å². The molecule has 0 aliphatic heterocycles. The molecule has 0 radical (unpaired) electrons. The Kier molecular flexibility index (Phi) is 3.01. The first-order valence-electron chi connectivity index (χ1n) is 5.20. The summed E-state index contributed by atoms with van der Waals surface area (Å²) in [4.78, 5) is 0. The first-order chi connectivity index (χ1) is 7.72. The predicted molar refractivity (Wildman–Crippen MR) is 61.4 cm³/mol. The molecular weight excluding hydrogens is 205 g/mol. The van der Waals surface area contributed by atoms with E-state index in [0.717, 1.165) is 11.4 Å². The second-order valence-electron chi connectivity index (χ2n) is 3.66. The molecule has 1 aromatic heterocycles. The van der Waals surface area contributed by atoms with Crippen molar-refractivity contribution in [3.63, 3.8) is 0 Å². The molecule has 0 saturated heterocycles. The van der Waals surface area contributed by atoms with Crippen molar-refractivity contribution in [1.82, 2.24) is 9.78 Å². The molecule has 2 rings (SSSR count). The third-order valence-corrected chi connectivity index (χ3v) is 2.48. The largest absolute Gasteiger partial charge is 0.330 e.